The van der Waals surface area contributed by atoms with Crippen LogP contribution < -0.4 is 5.32 Å². The molecule has 1 heterocycles. The molecular formula is C30H24B4ClN3O3. The van der Waals surface area contributed by atoms with Crippen molar-refractivity contribution in [2.24, 2.45) is 11.3 Å². The molecule has 41 heavy (non-hydrogen) atoms. The van der Waals surface area contributed by atoms with Crippen LogP contribution in [-0.2, 0) is 10.2 Å². The first kappa shape index (κ1) is 27.8. The van der Waals surface area contributed by atoms with Gasteiger partial charge in [0.15, 0.2) is 0 Å². The summed E-state index contributed by atoms with van der Waals surface area (Å²) >= 11 is 6.53. The maximum atomic E-state index is 13.6. The Balaban J connectivity index is 1.35. The molecular weight excluding hydrogens is 529 g/mol. The zero-order valence-corrected chi connectivity index (χ0v) is 23.0. The average Bonchev–Trinajstić information content (AvgIpc) is 3.35. The number of aromatic nitrogens is 2. The third-order valence-electron chi connectivity index (χ3n) is 8.75. The maximum Gasteiger partial charge on any atom is 0.306 e. The summed E-state index contributed by atoms with van der Waals surface area (Å²) in [5.74, 6) is -1.38. The summed E-state index contributed by atoms with van der Waals surface area (Å²) in [5.41, 5.74) is 1.34. The summed E-state index contributed by atoms with van der Waals surface area (Å²) in [7, 11) is 26.0. The SMILES string of the molecule is [B]C([B])([B])C([B])(c1ccc(-c2ccccc2)cc1)n1ncc2c(Cl)ccc(C(=O)NC3CC4(C3)CC(C(=O)O)C4)c21. The Labute approximate surface area is 248 Å². The number of amides is 1. The number of carbonyl (C=O) groups excluding carboxylic acids is 1. The number of nitrogens with zero attached hydrogens (tertiary/aromatic N) is 2. The molecule has 2 aliphatic carbocycles. The second-order valence-corrected chi connectivity index (χ2v) is 12.0. The van der Waals surface area contributed by atoms with E-state index in [1.54, 1.807) is 24.3 Å². The van der Waals surface area contributed by atoms with Crippen molar-refractivity contribution in [1.29, 1.82) is 0 Å². The van der Waals surface area contributed by atoms with E-state index in [0.29, 0.717) is 39.9 Å². The quantitative estimate of drug-likeness (QED) is 0.337. The van der Waals surface area contributed by atoms with Gasteiger partial charge in [-0.2, -0.15) is 5.10 Å². The lowest BCUT2D eigenvalue weighted by Crippen LogP contribution is -2.57. The molecule has 11 heteroatoms. The molecule has 0 aliphatic heterocycles. The second-order valence-electron chi connectivity index (χ2n) is 11.6. The molecule has 2 fully saturated rings. The van der Waals surface area contributed by atoms with Crippen molar-refractivity contribution in [2.45, 2.75) is 42.3 Å². The largest absolute Gasteiger partial charge is 0.481 e. The molecule has 0 bridgehead atoms. The van der Waals surface area contributed by atoms with Crippen LogP contribution in [-0.4, -0.2) is 64.2 Å². The number of hydrogen-bond donors (Lipinski definition) is 2. The van der Waals surface area contributed by atoms with Crippen LogP contribution in [0.15, 0.2) is 72.9 Å². The Hall–Kier alpha value is -3.38. The molecule has 1 atom stereocenters. The van der Waals surface area contributed by atoms with E-state index in [-0.39, 0.29) is 23.3 Å². The van der Waals surface area contributed by atoms with Gasteiger partial charge in [-0.25, -0.2) is 0 Å². The number of aliphatic carboxylic acids is 1. The van der Waals surface area contributed by atoms with Crippen molar-refractivity contribution in [1.82, 2.24) is 15.1 Å². The smallest absolute Gasteiger partial charge is 0.306 e. The fraction of sp³-hybridized carbons (Fsp3) is 0.300. The van der Waals surface area contributed by atoms with E-state index in [4.69, 9.17) is 43.0 Å². The molecule has 3 aromatic carbocycles. The Morgan fingerprint density at radius 2 is 1.56 bits per heavy atom. The fourth-order valence-electron chi connectivity index (χ4n) is 6.51. The van der Waals surface area contributed by atoms with Crippen molar-refractivity contribution >= 4 is 65.8 Å². The van der Waals surface area contributed by atoms with Gasteiger partial charge in [-0.05, 0) is 59.9 Å². The minimum absolute atomic E-state index is 0.00860. The first-order valence-corrected chi connectivity index (χ1v) is 13.8. The summed E-state index contributed by atoms with van der Waals surface area (Å²) in [6, 6.07) is 20.4. The van der Waals surface area contributed by atoms with Crippen LogP contribution in [0.4, 0.5) is 0 Å². The number of carboxylic acid groups (broad SMARTS) is 1. The average molecular weight is 553 g/mol. The van der Waals surface area contributed by atoms with E-state index in [2.05, 4.69) is 10.4 Å². The molecule has 1 aromatic heterocycles. The zero-order valence-electron chi connectivity index (χ0n) is 22.3. The number of halogens is 1. The molecule has 0 saturated heterocycles. The highest BCUT2D eigenvalue weighted by Gasteiger charge is 2.55. The molecule has 1 amide bonds. The van der Waals surface area contributed by atoms with Crippen molar-refractivity contribution in [3.05, 3.63) is 89.1 Å². The highest BCUT2D eigenvalue weighted by Crippen LogP contribution is 2.58. The molecule has 6 rings (SSSR count). The molecule has 6 nitrogen and oxygen atoms in total. The van der Waals surface area contributed by atoms with Crippen molar-refractivity contribution < 1.29 is 14.7 Å². The number of nitrogens with one attached hydrogen (secondary N) is 1. The summed E-state index contributed by atoms with van der Waals surface area (Å²) in [6.07, 6.45) is 4.29. The predicted molar refractivity (Wildman–Crippen MR) is 163 cm³/mol. The van der Waals surface area contributed by atoms with Crippen LogP contribution in [0.1, 0.15) is 41.6 Å². The zero-order chi connectivity index (χ0) is 29.2. The van der Waals surface area contributed by atoms with Crippen LogP contribution in [0.25, 0.3) is 22.0 Å². The molecule has 2 N–H and O–H groups in total. The molecule has 2 aliphatic rings. The standard InChI is InChI=1S/C30H24B4ClN3O3/c31-29(30(32,33)34,20-8-6-18(7-9-20)17-4-2-1-3-5-17)38-25-22(10-11-24(35)23(25)16-36-38)26(39)37-21-14-28(15-21)12-19(13-28)27(40)41/h1-11,16,19,21H,12-15H2,(H,37,39)(H,40,41). The normalized spacial score (nSPS) is 23.3. The third kappa shape index (κ3) is 4.61. The van der Waals surface area contributed by atoms with Crippen LogP contribution in [0, 0.1) is 11.3 Å². The monoisotopic (exact) mass is 553 g/mol. The van der Waals surface area contributed by atoms with Crippen LogP contribution in [0.2, 0.25) is 10.1 Å². The first-order valence-electron chi connectivity index (χ1n) is 13.4. The van der Waals surface area contributed by atoms with Gasteiger partial charge in [0, 0.05) is 16.9 Å². The maximum absolute atomic E-state index is 13.6. The minimum Gasteiger partial charge on any atom is -0.481 e. The fourth-order valence-corrected chi connectivity index (χ4v) is 6.71. The Morgan fingerprint density at radius 1 is 0.927 bits per heavy atom. The molecule has 2 saturated carbocycles. The second kappa shape index (κ2) is 9.87. The van der Waals surface area contributed by atoms with Gasteiger partial charge in [0.1, 0.15) is 7.85 Å². The van der Waals surface area contributed by atoms with Crippen molar-refractivity contribution in [3.63, 3.8) is 0 Å². The van der Waals surface area contributed by atoms with Crippen LogP contribution >= 0.6 is 11.6 Å². The van der Waals surface area contributed by atoms with Gasteiger partial charge < -0.3 is 10.4 Å². The lowest BCUT2D eigenvalue weighted by atomic mass is 9.30. The Morgan fingerprint density at radius 3 is 2.17 bits per heavy atom. The Kier molecular flexibility index (Phi) is 6.68. The van der Waals surface area contributed by atoms with Gasteiger partial charge in [-0.15, -0.1) is 5.11 Å². The minimum atomic E-state index is -2.00. The molecule has 1 spiro atoms. The van der Waals surface area contributed by atoms with E-state index in [9.17, 15) is 14.7 Å². The highest BCUT2D eigenvalue weighted by atomic mass is 35.5. The van der Waals surface area contributed by atoms with Gasteiger partial charge in [-0.3, -0.25) is 14.3 Å². The van der Waals surface area contributed by atoms with Gasteiger partial charge in [0.2, 0.25) is 0 Å². The number of fused-ring (bicyclic) bond motifs is 1. The number of carbonyl (C=O) groups is 2. The molecule has 196 valence electrons. The van der Waals surface area contributed by atoms with Crippen molar-refractivity contribution in [3.8, 4) is 11.1 Å². The number of rotatable bonds is 7. The summed E-state index contributed by atoms with van der Waals surface area (Å²) in [5, 5.41) is 15.7. The molecule has 8 radical (unpaired) electrons. The third-order valence-corrected chi connectivity index (χ3v) is 9.08. The number of hydrogen-bond acceptors (Lipinski definition) is 3. The van der Waals surface area contributed by atoms with Gasteiger partial charge in [-0.1, -0.05) is 66.2 Å². The summed E-state index contributed by atoms with van der Waals surface area (Å²) in [4.78, 5) is 24.8. The first-order chi connectivity index (χ1) is 19.4. The molecule has 1 unspecified atom stereocenters. The highest BCUT2D eigenvalue weighted by molar-refractivity contribution is 6.62. The molecule has 4 aromatic rings. The van der Waals surface area contributed by atoms with Crippen molar-refractivity contribution in [2.75, 3.05) is 0 Å². The lowest BCUT2D eigenvalue weighted by Gasteiger charge is -2.56. The predicted octanol–water partition coefficient (Wildman–Crippen LogP) is 4.18. The van der Waals surface area contributed by atoms with Crippen LogP contribution in [0.5, 0.6) is 0 Å². The summed E-state index contributed by atoms with van der Waals surface area (Å²) in [6.45, 7) is 0. The number of benzene rings is 3. The van der Waals surface area contributed by atoms with E-state index >= 15 is 0 Å². The van der Waals surface area contributed by atoms with E-state index < -0.39 is 16.5 Å². The van der Waals surface area contributed by atoms with Crippen LogP contribution in [0.3, 0.4) is 0 Å². The Bertz CT molecular complexity index is 1640. The topological polar surface area (TPSA) is 84.2 Å². The summed E-state index contributed by atoms with van der Waals surface area (Å²) < 4.78 is 1.38. The van der Waals surface area contributed by atoms with Gasteiger partial charge in [0.25, 0.3) is 5.91 Å². The number of carboxylic acids is 1. The van der Waals surface area contributed by atoms with E-state index in [1.165, 1.54) is 10.9 Å². The van der Waals surface area contributed by atoms with Gasteiger partial charge >= 0.3 is 5.97 Å². The lowest BCUT2D eigenvalue weighted by molar-refractivity contribution is -0.155. The van der Waals surface area contributed by atoms with Gasteiger partial charge in [0.05, 0.1) is 51.8 Å². The van der Waals surface area contributed by atoms with E-state index in [0.717, 1.165) is 24.0 Å². The van der Waals surface area contributed by atoms with E-state index in [1.807, 2.05) is 42.5 Å².